The zero-order chi connectivity index (χ0) is 23.1. The van der Waals surface area contributed by atoms with Gasteiger partial charge in [0.15, 0.2) is 5.78 Å². The van der Waals surface area contributed by atoms with Crippen LogP contribution in [0.4, 0.5) is 5.69 Å². The highest BCUT2D eigenvalue weighted by Gasteiger charge is 2.39. The van der Waals surface area contributed by atoms with Crippen LogP contribution in [0, 0.1) is 0 Å². The van der Waals surface area contributed by atoms with E-state index in [0.29, 0.717) is 13.0 Å². The maximum absolute atomic E-state index is 13.7. The number of benzene rings is 2. The van der Waals surface area contributed by atoms with Crippen molar-refractivity contribution in [1.82, 2.24) is 9.80 Å². The second kappa shape index (κ2) is 10.7. The average molecular weight is 438 g/mol. The van der Waals surface area contributed by atoms with Crippen LogP contribution in [0.5, 0.6) is 0 Å². The Balaban J connectivity index is 1.70. The molecule has 2 aromatic rings. The first kappa shape index (κ1) is 24.0. The predicted octanol–water partition coefficient (Wildman–Crippen LogP) is 3.42. The fourth-order valence-electron chi connectivity index (χ4n) is 4.55. The normalized spacial score (nSPS) is 16.7. The van der Waals surface area contributed by atoms with Crippen LogP contribution in [0.1, 0.15) is 35.7 Å². The van der Waals surface area contributed by atoms with E-state index in [-0.39, 0.29) is 12.2 Å². The molecule has 0 aromatic heterocycles. The van der Waals surface area contributed by atoms with Gasteiger partial charge in [0, 0.05) is 44.0 Å². The summed E-state index contributed by atoms with van der Waals surface area (Å²) in [6.45, 7) is 6.10. The van der Waals surface area contributed by atoms with Gasteiger partial charge in [0.25, 0.3) is 0 Å². The summed E-state index contributed by atoms with van der Waals surface area (Å²) in [7, 11) is 3.98. The Morgan fingerprint density at radius 1 is 0.969 bits per heavy atom. The number of carbonyl (C=O) groups is 2. The minimum Gasteiger partial charge on any atom is -0.481 e. The monoisotopic (exact) mass is 437 g/mol. The van der Waals surface area contributed by atoms with Crippen LogP contribution < -0.4 is 4.90 Å². The number of carbonyl (C=O) groups excluding carboxylic acids is 1. The highest BCUT2D eigenvalue weighted by molar-refractivity contribution is 6.03. The molecule has 32 heavy (non-hydrogen) atoms. The Morgan fingerprint density at radius 3 is 2.12 bits per heavy atom. The third-order valence-corrected chi connectivity index (χ3v) is 6.71. The lowest BCUT2D eigenvalue weighted by molar-refractivity contribution is -0.137. The summed E-state index contributed by atoms with van der Waals surface area (Å²) < 4.78 is 0. The van der Waals surface area contributed by atoms with Gasteiger partial charge in [-0.1, -0.05) is 37.3 Å². The van der Waals surface area contributed by atoms with E-state index in [9.17, 15) is 9.59 Å². The van der Waals surface area contributed by atoms with Gasteiger partial charge in [0.2, 0.25) is 0 Å². The number of ketones is 1. The smallest absolute Gasteiger partial charge is 0.304 e. The number of hydrogen-bond acceptors (Lipinski definition) is 5. The van der Waals surface area contributed by atoms with E-state index in [1.54, 1.807) is 0 Å². The van der Waals surface area contributed by atoms with Crippen molar-refractivity contribution in [3.63, 3.8) is 0 Å². The summed E-state index contributed by atoms with van der Waals surface area (Å²) in [6.07, 6.45) is 1.59. The molecule has 1 fully saturated rings. The van der Waals surface area contributed by atoms with E-state index in [1.165, 1.54) is 0 Å². The van der Waals surface area contributed by atoms with Crippen LogP contribution in [0.2, 0.25) is 0 Å². The van der Waals surface area contributed by atoms with E-state index >= 15 is 0 Å². The third-order valence-electron chi connectivity index (χ3n) is 6.71. The fraction of sp³-hybridized carbons (Fsp3) is 0.462. The standard InChI is InChI=1S/C26H35N3O3/c1-4-26(27(2)3,20-21-8-6-5-7-9-21)25(32)22-10-12-23(13-11-22)29-18-16-28(17-19-29)15-14-24(30)31/h5-13H,4,14-20H2,1-3H3,(H,30,31). The molecular formula is C26H35N3O3. The van der Waals surface area contributed by atoms with Gasteiger partial charge in [0.05, 0.1) is 12.0 Å². The molecule has 0 spiro atoms. The molecule has 6 heteroatoms. The molecule has 0 saturated carbocycles. The molecule has 2 aromatic carbocycles. The molecule has 1 heterocycles. The van der Waals surface area contributed by atoms with Crippen LogP contribution >= 0.6 is 0 Å². The van der Waals surface area contributed by atoms with Crippen LogP contribution in [-0.2, 0) is 11.2 Å². The highest BCUT2D eigenvalue weighted by Crippen LogP contribution is 2.29. The summed E-state index contributed by atoms with van der Waals surface area (Å²) in [4.78, 5) is 31.0. The molecule has 1 aliphatic heterocycles. The molecule has 1 N–H and O–H groups in total. The number of likely N-dealkylation sites (N-methyl/N-ethyl adjacent to an activating group) is 1. The molecule has 1 unspecified atom stereocenters. The lowest BCUT2D eigenvalue weighted by atomic mass is 9.80. The average Bonchev–Trinajstić information content (AvgIpc) is 2.81. The first-order valence-electron chi connectivity index (χ1n) is 11.4. The van der Waals surface area contributed by atoms with Crippen molar-refractivity contribution >= 4 is 17.4 Å². The van der Waals surface area contributed by atoms with Crippen molar-refractivity contribution in [3.8, 4) is 0 Å². The van der Waals surface area contributed by atoms with Crippen molar-refractivity contribution in [3.05, 3.63) is 65.7 Å². The van der Waals surface area contributed by atoms with Gasteiger partial charge in [0.1, 0.15) is 0 Å². The number of anilines is 1. The number of nitrogens with zero attached hydrogens (tertiary/aromatic N) is 3. The van der Waals surface area contributed by atoms with Gasteiger partial charge < -0.3 is 10.0 Å². The van der Waals surface area contributed by atoms with E-state index in [2.05, 4.69) is 33.8 Å². The quantitative estimate of drug-likeness (QED) is 0.575. The molecule has 1 atom stereocenters. The minimum absolute atomic E-state index is 0.152. The maximum Gasteiger partial charge on any atom is 0.304 e. The van der Waals surface area contributed by atoms with Crippen molar-refractivity contribution in [1.29, 1.82) is 0 Å². The van der Waals surface area contributed by atoms with Crippen molar-refractivity contribution in [2.75, 3.05) is 51.7 Å². The van der Waals surface area contributed by atoms with Gasteiger partial charge in [-0.2, -0.15) is 0 Å². The summed E-state index contributed by atoms with van der Waals surface area (Å²) in [6, 6.07) is 18.2. The summed E-state index contributed by atoms with van der Waals surface area (Å²) in [5.74, 6) is -0.597. The van der Waals surface area contributed by atoms with E-state index in [1.807, 2.05) is 56.6 Å². The SMILES string of the molecule is CCC(Cc1ccccc1)(C(=O)c1ccc(N2CCN(CCC(=O)O)CC2)cc1)N(C)C. The lowest BCUT2D eigenvalue weighted by Gasteiger charge is -2.38. The molecule has 3 rings (SSSR count). The fourth-order valence-corrected chi connectivity index (χ4v) is 4.55. The number of Topliss-reactive ketones (excluding diaryl/α,β-unsaturated/α-hetero) is 1. The summed E-state index contributed by atoms with van der Waals surface area (Å²) >= 11 is 0. The number of hydrogen-bond donors (Lipinski definition) is 1. The molecule has 0 aliphatic carbocycles. The van der Waals surface area contributed by atoms with Crippen LogP contribution in [0.25, 0.3) is 0 Å². The van der Waals surface area contributed by atoms with Crippen LogP contribution in [0.3, 0.4) is 0 Å². The van der Waals surface area contributed by atoms with Crippen molar-refractivity contribution in [2.24, 2.45) is 0 Å². The molecule has 0 amide bonds. The van der Waals surface area contributed by atoms with Crippen molar-refractivity contribution < 1.29 is 14.7 Å². The number of carboxylic acids is 1. The molecule has 6 nitrogen and oxygen atoms in total. The predicted molar refractivity (Wildman–Crippen MR) is 129 cm³/mol. The largest absolute Gasteiger partial charge is 0.481 e. The summed E-state index contributed by atoms with van der Waals surface area (Å²) in [5, 5.41) is 8.87. The van der Waals surface area contributed by atoms with E-state index < -0.39 is 11.5 Å². The topological polar surface area (TPSA) is 64.1 Å². The Bertz CT molecular complexity index is 890. The minimum atomic E-state index is -0.749. The Hall–Kier alpha value is -2.70. The zero-order valence-electron chi connectivity index (χ0n) is 19.5. The second-order valence-corrected chi connectivity index (χ2v) is 8.79. The molecule has 1 aliphatic rings. The van der Waals surface area contributed by atoms with Crippen LogP contribution in [-0.4, -0.2) is 79.0 Å². The zero-order valence-corrected chi connectivity index (χ0v) is 19.5. The van der Waals surface area contributed by atoms with E-state index in [0.717, 1.165) is 49.4 Å². The van der Waals surface area contributed by atoms with Gasteiger partial charge in [-0.25, -0.2) is 0 Å². The van der Waals surface area contributed by atoms with E-state index in [4.69, 9.17) is 5.11 Å². The number of carboxylic acid groups (broad SMARTS) is 1. The summed E-state index contributed by atoms with van der Waals surface area (Å²) in [5.41, 5.74) is 2.42. The highest BCUT2D eigenvalue weighted by atomic mass is 16.4. The van der Waals surface area contributed by atoms with Gasteiger partial charge >= 0.3 is 5.97 Å². The van der Waals surface area contributed by atoms with Gasteiger partial charge in [-0.05, 0) is 56.8 Å². The Kier molecular flexibility index (Phi) is 8.04. The molecule has 0 radical (unpaired) electrons. The first-order chi connectivity index (χ1) is 15.4. The first-order valence-corrected chi connectivity index (χ1v) is 11.4. The molecule has 172 valence electrons. The van der Waals surface area contributed by atoms with Gasteiger partial charge in [-0.15, -0.1) is 0 Å². The van der Waals surface area contributed by atoms with Crippen LogP contribution in [0.15, 0.2) is 54.6 Å². The second-order valence-electron chi connectivity index (χ2n) is 8.79. The number of rotatable bonds is 10. The third kappa shape index (κ3) is 5.56. The molecule has 1 saturated heterocycles. The maximum atomic E-state index is 13.7. The van der Waals surface area contributed by atoms with Gasteiger partial charge in [-0.3, -0.25) is 19.4 Å². The number of piperazine rings is 1. The van der Waals surface area contributed by atoms with Crippen molar-refractivity contribution in [2.45, 2.75) is 31.7 Å². The molecular weight excluding hydrogens is 402 g/mol. The Morgan fingerprint density at radius 2 is 1.59 bits per heavy atom. The number of aliphatic carboxylic acids is 1. The molecule has 0 bridgehead atoms. The lowest BCUT2D eigenvalue weighted by Crippen LogP contribution is -2.52. The Labute approximate surface area is 191 Å².